The quantitative estimate of drug-likeness (QED) is 0.818. The van der Waals surface area contributed by atoms with Crippen molar-refractivity contribution in [2.45, 2.75) is 17.0 Å². The van der Waals surface area contributed by atoms with Crippen LogP contribution in [0.15, 0.2) is 29.2 Å². The first-order chi connectivity index (χ1) is 7.90. The zero-order chi connectivity index (χ0) is 13.1. The van der Waals surface area contributed by atoms with Gasteiger partial charge in [0.2, 0.25) is 0 Å². The molecule has 6 heteroatoms. The molecule has 0 spiro atoms. The van der Waals surface area contributed by atoms with Crippen LogP contribution >= 0.6 is 0 Å². The van der Waals surface area contributed by atoms with Crippen molar-refractivity contribution in [1.29, 1.82) is 0 Å². The molecule has 0 bridgehead atoms. The predicted octanol–water partition coefficient (Wildman–Crippen LogP) is 0.681. The van der Waals surface area contributed by atoms with E-state index in [0.717, 1.165) is 6.26 Å². The Morgan fingerprint density at radius 2 is 1.88 bits per heavy atom. The molecule has 0 aromatic heterocycles. The van der Waals surface area contributed by atoms with Crippen molar-refractivity contribution >= 4 is 9.84 Å². The molecule has 0 heterocycles. The molecule has 1 rings (SSSR count). The second-order valence-electron chi connectivity index (χ2n) is 3.84. The molecule has 0 fully saturated rings. The maximum atomic E-state index is 12.5. The van der Waals surface area contributed by atoms with Crippen LogP contribution in [0.5, 0.6) is 0 Å². The third-order valence-corrected chi connectivity index (χ3v) is 3.70. The number of likely N-dealkylation sites (N-methyl/N-ethyl adjacent to an activating group) is 1. The average Bonchev–Trinajstić information content (AvgIpc) is 2.29. The van der Waals surface area contributed by atoms with E-state index in [0.29, 0.717) is 5.56 Å². The van der Waals surface area contributed by atoms with Crippen LogP contribution in [0.2, 0.25) is 0 Å². The highest BCUT2D eigenvalue weighted by Crippen LogP contribution is 2.19. The van der Waals surface area contributed by atoms with Gasteiger partial charge in [0.25, 0.3) is 0 Å². The van der Waals surface area contributed by atoms with E-state index < -0.39 is 28.7 Å². The van der Waals surface area contributed by atoms with Gasteiger partial charge in [0.15, 0.2) is 9.84 Å². The van der Waals surface area contributed by atoms with E-state index in [4.69, 9.17) is 0 Å². The standard InChI is InChI=1S/C11H16FNO3S/c1-13-10(7-12)11(14)8-3-5-9(6-4-8)17(2,15)16/h3-6,10-11,13-14H,7H2,1-2H3/t10-,11-/m0/s1. The maximum Gasteiger partial charge on any atom is 0.175 e. The molecule has 0 saturated carbocycles. The van der Waals surface area contributed by atoms with Crippen molar-refractivity contribution in [2.75, 3.05) is 20.0 Å². The molecule has 0 aliphatic heterocycles. The van der Waals surface area contributed by atoms with Gasteiger partial charge in [-0.3, -0.25) is 0 Å². The molecule has 1 aromatic rings. The molecular formula is C11H16FNO3S. The lowest BCUT2D eigenvalue weighted by Gasteiger charge is -2.19. The largest absolute Gasteiger partial charge is 0.387 e. The molecule has 17 heavy (non-hydrogen) atoms. The predicted molar refractivity (Wildman–Crippen MR) is 63.3 cm³/mol. The van der Waals surface area contributed by atoms with Crippen LogP contribution in [-0.2, 0) is 9.84 Å². The molecule has 0 unspecified atom stereocenters. The number of alkyl halides is 1. The van der Waals surface area contributed by atoms with Crippen molar-refractivity contribution < 1.29 is 17.9 Å². The second-order valence-corrected chi connectivity index (χ2v) is 5.85. The minimum Gasteiger partial charge on any atom is -0.387 e. The van der Waals surface area contributed by atoms with Crippen LogP contribution in [0.4, 0.5) is 4.39 Å². The number of nitrogens with one attached hydrogen (secondary N) is 1. The lowest BCUT2D eigenvalue weighted by atomic mass is 10.0. The van der Waals surface area contributed by atoms with Crippen LogP contribution in [-0.4, -0.2) is 39.5 Å². The van der Waals surface area contributed by atoms with Crippen molar-refractivity contribution in [1.82, 2.24) is 5.32 Å². The topological polar surface area (TPSA) is 66.4 Å². The smallest absolute Gasteiger partial charge is 0.175 e. The van der Waals surface area contributed by atoms with E-state index in [2.05, 4.69) is 5.32 Å². The molecule has 1 aromatic carbocycles. The maximum absolute atomic E-state index is 12.5. The van der Waals surface area contributed by atoms with Crippen molar-refractivity contribution in [2.24, 2.45) is 0 Å². The molecule has 0 amide bonds. The van der Waals surface area contributed by atoms with Gasteiger partial charge in [-0.15, -0.1) is 0 Å². The third-order valence-electron chi connectivity index (χ3n) is 2.57. The first-order valence-electron chi connectivity index (χ1n) is 5.11. The summed E-state index contributed by atoms with van der Waals surface area (Å²) in [4.78, 5) is 0.176. The zero-order valence-electron chi connectivity index (χ0n) is 9.72. The van der Waals surface area contributed by atoms with Crippen molar-refractivity contribution in [3.05, 3.63) is 29.8 Å². The highest BCUT2D eigenvalue weighted by molar-refractivity contribution is 7.90. The van der Waals surface area contributed by atoms with Crippen LogP contribution in [0.3, 0.4) is 0 Å². The molecule has 0 radical (unpaired) electrons. The Bertz CT molecular complexity index is 454. The van der Waals surface area contributed by atoms with Gasteiger partial charge in [0.1, 0.15) is 6.67 Å². The Morgan fingerprint density at radius 3 is 2.24 bits per heavy atom. The van der Waals surface area contributed by atoms with Gasteiger partial charge in [0, 0.05) is 6.26 Å². The van der Waals surface area contributed by atoms with Gasteiger partial charge in [-0.25, -0.2) is 12.8 Å². The van der Waals surface area contributed by atoms with E-state index in [9.17, 15) is 17.9 Å². The van der Waals surface area contributed by atoms with E-state index in [1.807, 2.05) is 0 Å². The minimum absolute atomic E-state index is 0.176. The summed E-state index contributed by atoms with van der Waals surface area (Å²) in [5.74, 6) is 0. The van der Waals surface area contributed by atoms with Gasteiger partial charge in [0.05, 0.1) is 17.0 Å². The van der Waals surface area contributed by atoms with Gasteiger partial charge in [-0.05, 0) is 24.7 Å². The number of hydrogen-bond donors (Lipinski definition) is 2. The number of aliphatic hydroxyl groups excluding tert-OH is 1. The molecular weight excluding hydrogens is 245 g/mol. The Balaban J connectivity index is 2.95. The molecule has 0 aliphatic carbocycles. The molecule has 0 saturated heterocycles. The summed E-state index contributed by atoms with van der Waals surface area (Å²) in [7, 11) is -1.69. The first kappa shape index (κ1) is 14.1. The molecule has 2 N–H and O–H groups in total. The number of sulfone groups is 1. The SMILES string of the molecule is CN[C@@H](CF)[C@@H](O)c1ccc(S(C)(=O)=O)cc1. The van der Waals surface area contributed by atoms with Crippen LogP contribution < -0.4 is 5.32 Å². The normalized spacial score (nSPS) is 15.5. The summed E-state index contributed by atoms with van der Waals surface area (Å²) in [6.07, 6.45) is 0.106. The number of rotatable bonds is 5. The van der Waals surface area contributed by atoms with E-state index in [1.165, 1.54) is 24.3 Å². The monoisotopic (exact) mass is 261 g/mol. The lowest BCUT2D eigenvalue weighted by molar-refractivity contribution is 0.117. The number of aliphatic hydroxyl groups is 1. The summed E-state index contributed by atoms with van der Waals surface area (Å²) in [6.45, 7) is -0.703. The number of benzene rings is 1. The fourth-order valence-electron chi connectivity index (χ4n) is 1.46. The first-order valence-corrected chi connectivity index (χ1v) is 7.00. The van der Waals surface area contributed by atoms with Crippen LogP contribution in [0.1, 0.15) is 11.7 Å². The second kappa shape index (κ2) is 5.57. The lowest BCUT2D eigenvalue weighted by Crippen LogP contribution is -2.34. The molecule has 4 nitrogen and oxygen atoms in total. The van der Waals surface area contributed by atoms with Gasteiger partial charge in [-0.1, -0.05) is 12.1 Å². The number of halogens is 1. The van der Waals surface area contributed by atoms with E-state index >= 15 is 0 Å². The molecule has 2 atom stereocenters. The van der Waals surface area contributed by atoms with Crippen LogP contribution in [0, 0.1) is 0 Å². The Hall–Kier alpha value is -0.980. The van der Waals surface area contributed by atoms with Crippen molar-refractivity contribution in [3.8, 4) is 0 Å². The van der Waals surface area contributed by atoms with Crippen LogP contribution in [0.25, 0.3) is 0 Å². The van der Waals surface area contributed by atoms with Gasteiger partial charge >= 0.3 is 0 Å². The fraction of sp³-hybridized carbons (Fsp3) is 0.455. The number of hydrogen-bond acceptors (Lipinski definition) is 4. The highest BCUT2D eigenvalue weighted by atomic mass is 32.2. The van der Waals surface area contributed by atoms with Gasteiger partial charge in [-0.2, -0.15) is 0 Å². The Kier molecular flexibility index (Phi) is 4.62. The molecule has 96 valence electrons. The van der Waals surface area contributed by atoms with Gasteiger partial charge < -0.3 is 10.4 Å². The minimum atomic E-state index is -3.25. The van der Waals surface area contributed by atoms with Crippen molar-refractivity contribution in [3.63, 3.8) is 0 Å². The Morgan fingerprint density at radius 1 is 1.35 bits per heavy atom. The average molecular weight is 261 g/mol. The summed E-state index contributed by atoms with van der Waals surface area (Å²) in [5, 5.41) is 12.5. The highest BCUT2D eigenvalue weighted by Gasteiger charge is 2.19. The van der Waals surface area contributed by atoms with E-state index in [-0.39, 0.29) is 4.90 Å². The summed E-state index contributed by atoms with van der Waals surface area (Å²) in [6, 6.07) is 5.08. The summed E-state index contributed by atoms with van der Waals surface area (Å²) >= 11 is 0. The third kappa shape index (κ3) is 3.49. The molecule has 0 aliphatic rings. The summed E-state index contributed by atoms with van der Waals surface area (Å²) < 4.78 is 35.0. The summed E-state index contributed by atoms with van der Waals surface area (Å²) in [5.41, 5.74) is 0.481. The fourth-order valence-corrected chi connectivity index (χ4v) is 2.09. The zero-order valence-corrected chi connectivity index (χ0v) is 10.5. The van der Waals surface area contributed by atoms with E-state index in [1.54, 1.807) is 7.05 Å². The Labute approximate surface area is 100 Å².